The summed E-state index contributed by atoms with van der Waals surface area (Å²) in [6, 6.07) is 13.4. The molecule has 6 heteroatoms. The standard InChI is InChI=1S/C24H28N2O4/c1-29-22-9-3-2-8-21(22)24(28)26-13-5-12-25(14-15-26)23(27)17-30-20-11-10-18-6-4-7-19(18)16-20/h2-3,8-11,16H,4-7,12-15,17H2,1H3. The summed E-state index contributed by atoms with van der Waals surface area (Å²) < 4.78 is 11.1. The van der Waals surface area contributed by atoms with E-state index < -0.39 is 0 Å². The molecule has 158 valence electrons. The van der Waals surface area contributed by atoms with Crippen LogP contribution in [0.4, 0.5) is 0 Å². The minimum atomic E-state index is -0.0591. The zero-order valence-corrected chi connectivity index (χ0v) is 17.4. The monoisotopic (exact) mass is 408 g/mol. The summed E-state index contributed by atoms with van der Waals surface area (Å²) >= 11 is 0. The van der Waals surface area contributed by atoms with Crippen LogP contribution >= 0.6 is 0 Å². The van der Waals surface area contributed by atoms with Crippen LogP contribution in [-0.2, 0) is 17.6 Å². The zero-order valence-electron chi connectivity index (χ0n) is 17.4. The number of hydrogen-bond acceptors (Lipinski definition) is 4. The van der Waals surface area contributed by atoms with Crippen LogP contribution in [0.25, 0.3) is 0 Å². The van der Waals surface area contributed by atoms with Gasteiger partial charge in [0.15, 0.2) is 6.61 Å². The first kappa shape index (κ1) is 20.3. The number of fused-ring (bicyclic) bond motifs is 1. The Morgan fingerprint density at radius 2 is 1.67 bits per heavy atom. The largest absolute Gasteiger partial charge is 0.496 e. The Morgan fingerprint density at radius 3 is 2.53 bits per heavy atom. The van der Waals surface area contributed by atoms with E-state index in [4.69, 9.17) is 9.47 Å². The molecule has 1 fully saturated rings. The summed E-state index contributed by atoms with van der Waals surface area (Å²) in [5.74, 6) is 1.23. The average Bonchev–Trinajstić information content (AvgIpc) is 3.11. The second kappa shape index (κ2) is 9.20. The van der Waals surface area contributed by atoms with Gasteiger partial charge in [-0.1, -0.05) is 18.2 Å². The van der Waals surface area contributed by atoms with E-state index in [0.717, 1.165) is 25.0 Å². The molecule has 2 aromatic carbocycles. The Labute approximate surface area is 177 Å². The van der Waals surface area contributed by atoms with E-state index in [-0.39, 0.29) is 18.4 Å². The Bertz CT molecular complexity index is 927. The number of rotatable bonds is 5. The van der Waals surface area contributed by atoms with Crippen molar-refractivity contribution in [2.45, 2.75) is 25.7 Å². The van der Waals surface area contributed by atoms with E-state index in [2.05, 4.69) is 12.1 Å². The summed E-state index contributed by atoms with van der Waals surface area (Å²) in [7, 11) is 1.57. The second-order valence-corrected chi connectivity index (χ2v) is 7.80. The Morgan fingerprint density at radius 1 is 0.900 bits per heavy atom. The quantitative estimate of drug-likeness (QED) is 0.763. The third-order valence-electron chi connectivity index (χ3n) is 5.91. The number of aryl methyl sites for hydroxylation is 2. The van der Waals surface area contributed by atoms with Gasteiger partial charge >= 0.3 is 0 Å². The predicted octanol–water partition coefficient (Wildman–Crippen LogP) is 2.94. The summed E-state index contributed by atoms with van der Waals surface area (Å²) in [5, 5.41) is 0. The lowest BCUT2D eigenvalue weighted by Crippen LogP contribution is -2.39. The fourth-order valence-electron chi connectivity index (χ4n) is 4.24. The number of methoxy groups -OCH3 is 1. The molecule has 4 rings (SSSR count). The normalized spacial score (nSPS) is 16.0. The number of ether oxygens (including phenoxy) is 2. The van der Waals surface area contributed by atoms with Crippen molar-refractivity contribution in [2.24, 2.45) is 0 Å². The van der Waals surface area contributed by atoms with Crippen LogP contribution in [0.1, 0.15) is 34.3 Å². The first-order valence-corrected chi connectivity index (χ1v) is 10.6. The van der Waals surface area contributed by atoms with E-state index >= 15 is 0 Å². The molecule has 2 aliphatic rings. The predicted molar refractivity (Wildman–Crippen MR) is 114 cm³/mol. The molecule has 0 bridgehead atoms. The molecule has 2 amide bonds. The number of benzene rings is 2. The highest BCUT2D eigenvalue weighted by Gasteiger charge is 2.24. The van der Waals surface area contributed by atoms with Gasteiger partial charge < -0.3 is 19.3 Å². The van der Waals surface area contributed by atoms with Crippen molar-refractivity contribution in [3.8, 4) is 11.5 Å². The van der Waals surface area contributed by atoms with Gasteiger partial charge in [0, 0.05) is 26.2 Å². The van der Waals surface area contributed by atoms with E-state index in [1.807, 2.05) is 18.2 Å². The second-order valence-electron chi connectivity index (χ2n) is 7.80. The van der Waals surface area contributed by atoms with E-state index in [1.165, 1.54) is 17.5 Å². The smallest absolute Gasteiger partial charge is 0.260 e. The maximum Gasteiger partial charge on any atom is 0.260 e. The summed E-state index contributed by atoms with van der Waals surface area (Å²) in [5.41, 5.74) is 3.28. The molecule has 0 N–H and O–H groups in total. The van der Waals surface area contributed by atoms with Gasteiger partial charge in [0.05, 0.1) is 12.7 Å². The lowest BCUT2D eigenvalue weighted by molar-refractivity contribution is -0.133. The van der Waals surface area contributed by atoms with Gasteiger partial charge in [0.2, 0.25) is 0 Å². The number of carbonyl (C=O) groups is 2. The van der Waals surface area contributed by atoms with Crippen LogP contribution in [-0.4, -0.2) is 61.5 Å². The van der Waals surface area contributed by atoms with Crippen molar-refractivity contribution < 1.29 is 19.1 Å². The molecule has 6 nitrogen and oxygen atoms in total. The Balaban J connectivity index is 1.32. The minimum absolute atomic E-state index is 0.0270. The fraction of sp³-hybridized carbons (Fsp3) is 0.417. The molecule has 0 spiro atoms. The maximum absolute atomic E-state index is 12.9. The highest BCUT2D eigenvalue weighted by molar-refractivity contribution is 5.97. The molecule has 1 aliphatic carbocycles. The number of hydrogen-bond donors (Lipinski definition) is 0. The topological polar surface area (TPSA) is 59.1 Å². The SMILES string of the molecule is COc1ccccc1C(=O)N1CCCN(C(=O)COc2ccc3c(c2)CCC3)CC1. The third kappa shape index (κ3) is 4.42. The van der Waals surface area contributed by atoms with Crippen molar-refractivity contribution in [2.75, 3.05) is 39.9 Å². The lowest BCUT2D eigenvalue weighted by Gasteiger charge is -2.23. The molecular weight excluding hydrogens is 380 g/mol. The van der Waals surface area contributed by atoms with Crippen molar-refractivity contribution >= 4 is 11.8 Å². The average molecular weight is 408 g/mol. The molecule has 0 radical (unpaired) electrons. The summed E-state index contributed by atoms with van der Waals surface area (Å²) in [6.07, 6.45) is 4.15. The summed E-state index contributed by atoms with van der Waals surface area (Å²) in [6.45, 7) is 2.28. The molecule has 0 aromatic heterocycles. The first-order chi connectivity index (χ1) is 14.7. The van der Waals surface area contributed by atoms with Crippen molar-refractivity contribution in [3.05, 3.63) is 59.2 Å². The lowest BCUT2D eigenvalue weighted by atomic mass is 10.1. The van der Waals surface area contributed by atoms with Gasteiger partial charge in [-0.25, -0.2) is 0 Å². The number of para-hydroxylation sites is 1. The Kier molecular flexibility index (Phi) is 6.21. The summed E-state index contributed by atoms with van der Waals surface area (Å²) in [4.78, 5) is 29.2. The molecule has 0 atom stereocenters. The van der Waals surface area contributed by atoms with E-state index in [1.54, 1.807) is 29.0 Å². The van der Waals surface area contributed by atoms with Gasteiger partial charge in [-0.05, 0) is 61.1 Å². The highest BCUT2D eigenvalue weighted by Crippen LogP contribution is 2.26. The van der Waals surface area contributed by atoms with Crippen LogP contribution in [0.5, 0.6) is 11.5 Å². The molecule has 1 heterocycles. The number of amides is 2. The van der Waals surface area contributed by atoms with E-state index in [0.29, 0.717) is 37.5 Å². The van der Waals surface area contributed by atoms with Crippen LogP contribution in [0.2, 0.25) is 0 Å². The van der Waals surface area contributed by atoms with Gasteiger partial charge in [-0.3, -0.25) is 9.59 Å². The third-order valence-corrected chi connectivity index (χ3v) is 5.91. The molecule has 0 saturated carbocycles. The fourth-order valence-corrected chi connectivity index (χ4v) is 4.24. The van der Waals surface area contributed by atoms with Crippen LogP contribution in [0.3, 0.4) is 0 Å². The zero-order chi connectivity index (χ0) is 20.9. The van der Waals surface area contributed by atoms with Crippen LogP contribution < -0.4 is 9.47 Å². The maximum atomic E-state index is 12.9. The van der Waals surface area contributed by atoms with Crippen molar-refractivity contribution in [1.29, 1.82) is 0 Å². The Hall–Kier alpha value is -3.02. The van der Waals surface area contributed by atoms with Gasteiger partial charge in [0.25, 0.3) is 11.8 Å². The molecule has 1 aliphatic heterocycles. The molecular formula is C24H28N2O4. The van der Waals surface area contributed by atoms with E-state index in [9.17, 15) is 9.59 Å². The van der Waals surface area contributed by atoms with Crippen LogP contribution in [0, 0.1) is 0 Å². The van der Waals surface area contributed by atoms with Gasteiger partial charge in [0.1, 0.15) is 11.5 Å². The first-order valence-electron chi connectivity index (χ1n) is 10.6. The molecule has 2 aromatic rings. The highest BCUT2D eigenvalue weighted by atomic mass is 16.5. The van der Waals surface area contributed by atoms with Gasteiger partial charge in [-0.15, -0.1) is 0 Å². The molecule has 0 unspecified atom stereocenters. The van der Waals surface area contributed by atoms with Crippen molar-refractivity contribution in [1.82, 2.24) is 9.80 Å². The number of carbonyl (C=O) groups excluding carboxylic acids is 2. The van der Waals surface area contributed by atoms with Crippen LogP contribution in [0.15, 0.2) is 42.5 Å². The molecule has 30 heavy (non-hydrogen) atoms. The minimum Gasteiger partial charge on any atom is -0.496 e. The molecule has 1 saturated heterocycles. The number of nitrogens with zero attached hydrogens (tertiary/aromatic N) is 2. The van der Waals surface area contributed by atoms with Crippen molar-refractivity contribution in [3.63, 3.8) is 0 Å². The van der Waals surface area contributed by atoms with Gasteiger partial charge in [-0.2, -0.15) is 0 Å².